The first-order valence-electron chi connectivity index (χ1n) is 4.80. The van der Waals surface area contributed by atoms with E-state index in [9.17, 15) is 0 Å². The van der Waals surface area contributed by atoms with E-state index in [4.69, 9.17) is 10.5 Å². The predicted octanol–water partition coefficient (Wildman–Crippen LogP) is 3.53. The van der Waals surface area contributed by atoms with E-state index in [1.54, 1.807) is 24.5 Å². The van der Waals surface area contributed by atoms with E-state index in [0.717, 1.165) is 15.8 Å². The number of hydrogen-bond donors (Lipinski definition) is 1. The fourth-order valence-corrected chi connectivity index (χ4v) is 1.79. The molecule has 82 valence electrons. The number of aryl methyl sites for hydroxylation is 1. The van der Waals surface area contributed by atoms with Gasteiger partial charge in [0.15, 0.2) is 0 Å². The molecule has 2 rings (SSSR count). The topological polar surface area (TPSA) is 48.1 Å². The maximum Gasteiger partial charge on any atom is 0.146 e. The standard InChI is InChI=1S/C12H11BrN2O/c1-8-4-10(7-15-6-8)16-12-3-2-9(14)5-11(12)13/h2-7H,14H2,1H3. The Balaban J connectivity index is 2.27. The van der Waals surface area contributed by atoms with Crippen LogP contribution in [-0.4, -0.2) is 4.98 Å². The Morgan fingerprint density at radius 2 is 2.06 bits per heavy atom. The van der Waals surface area contributed by atoms with Crippen LogP contribution in [0.25, 0.3) is 0 Å². The van der Waals surface area contributed by atoms with Crippen molar-refractivity contribution in [3.8, 4) is 11.5 Å². The molecule has 0 aliphatic heterocycles. The van der Waals surface area contributed by atoms with Gasteiger partial charge in [0, 0.05) is 11.9 Å². The van der Waals surface area contributed by atoms with Crippen molar-refractivity contribution in [3.05, 3.63) is 46.7 Å². The summed E-state index contributed by atoms with van der Waals surface area (Å²) >= 11 is 3.40. The second kappa shape index (κ2) is 4.53. The van der Waals surface area contributed by atoms with Crippen molar-refractivity contribution in [3.63, 3.8) is 0 Å². The monoisotopic (exact) mass is 278 g/mol. The lowest BCUT2D eigenvalue weighted by Crippen LogP contribution is -1.89. The molecule has 0 amide bonds. The lowest BCUT2D eigenvalue weighted by Gasteiger charge is -2.08. The molecule has 0 fully saturated rings. The van der Waals surface area contributed by atoms with Crippen LogP contribution in [0.3, 0.4) is 0 Å². The summed E-state index contributed by atoms with van der Waals surface area (Å²) in [5.74, 6) is 1.44. The van der Waals surface area contributed by atoms with Crippen LogP contribution >= 0.6 is 15.9 Å². The zero-order valence-corrected chi connectivity index (χ0v) is 10.4. The average molecular weight is 279 g/mol. The molecule has 2 N–H and O–H groups in total. The molecule has 3 nitrogen and oxygen atoms in total. The average Bonchev–Trinajstić information content (AvgIpc) is 2.22. The lowest BCUT2D eigenvalue weighted by molar-refractivity contribution is 0.477. The molecule has 0 spiro atoms. The van der Waals surface area contributed by atoms with Crippen LogP contribution in [0.4, 0.5) is 5.69 Å². The third kappa shape index (κ3) is 2.52. The van der Waals surface area contributed by atoms with Gasteiger partial charge in [-0.05, 0) is 52.7 Å². The molecular weight excluding hydrogens is 268 g/mol. The maximum atomic E-state index is 5.68. The van der Waals surface area contributed by atoms with E-state index in [1.807, 2.05) is 19.1 Å². The molecule has 0 radical (unpaired) electrons. The number of halogens is 1. The molecule has 4 heteroatoms. The number of aromatic nitrogens is 1. The van der Waals surface area contributed by atoms with Gasteiger partial charge in [-0.2, -0.15) is 0 Å². The summed E-state index contributed by atoms with van der Waals surface area (Å²) in [6.45, 7) is 1.97. The number of nitrogens with two attached hydrogens (primary N) is 1. The van der Waals surface area contributed by atoms with Crippen LogP contribution in [0, 0.1) is 6.92 Å². The maximum absolute atomic E-state index is 5.68. The molecule has 16 heavy (non-hydrogen) atoms. The highest BCUT2D eigenvalue weighted by Gasteiger charge is 2.03. The molecule has 1 heterocycles. The van der Waals surface area contributed by atoms with Gasteiger partial charge in [0.05, 0.1) is 10.7 Å². The number of anilines is 1. The highest BCUT2D eigenvalue weighted by atomic mass is 79.9. The largest absolute Gasteiger partial charge is 0.455 e. The molecule has 0 saturated heterocycles. The summed E-state index contributed by atoms with van der Waals surface area (Å²) in [5, 5.41) is 0. The van der Waals surface area contributed by atoms with E-state index in [-0.39, 0.29) is 0 Å². The number of nitrogen functional groups attached to an aromatic ring is 1. The van der Waals surface area contributed by atoms with Crippen molar-refractivity contribution in [1.82, 2.24) is 4.98 Å². The van der Waals surface area contributed by atoms with Crippen molar-refractivity contribution in [2.45, 2.75) is 6.92 Å². The smallest absolute Gasteiger partial charge is 0.146 e. The van der Waals surface area contributed by atoms with Gasteiger partial charge in [-0.3, -0.25) is 4.98 Å². The van der Waals surface area contributed by atoms with Gasteiger partial charge in [-0.25, -0.2) is 0 Å². The number of nitrogens with zero attached hydrogens (tertiary/aromatic N) is 1. The molecule has 0 aliphatic rings. The van der Waals surface area contributed by atoms with Crippen LogP contribution in [0.1, 0.15) is 5.56 Å². The van der Waals surface area contributed by atoms with E-state index >= 15 is 0 Å². The van der Waals surface area contributed by atoms with Gasteiger partial charge in [0.25, 0.3) is 0 Å². The highest BCUT2D eigenvalue weighted by molar-refractivity contribution is 9.10. The lowest BCUT2D eigenvalue weighted by atomic mass is 10.3. The van der Waals surface area contributed by atoms with Crippen molar-refractivity contribution in [1.29, 1.82) is 0 Å². The van der Waals surface area contributed by atoms with Gasteiger partial charge in [0.1, 0.15) is 11.5 Å². The highest BCUT2D eigenvalue weighted by Crippen LogP contribution is 2.30. The second-order valence-corrected chi connectivity index (χ2v) is 4.34. The first kappa shape index (κ1) is 11.0. The second-order valence-electron chi connectivity index (χ2n) is 3.49. The molecule has 2 aromatic rings. The quantitative estimate of drug-likeness (QED) is 0.855. The van der Waals surface area contributed by atoms with Crippen LogP contribution in [0.15, 0.2) is 41.1 Å². The SMILES string of the molecule is Cc1cncc(Oc2ccc(N)cc2Br)c1. The van der Waals surface area contributed by atoms with Gasteiger partial charge in [0.2, 0.25) is 0 Å². The molecule has 0 atom stereocenters. The van der Waals surface area contributed by atoms with Crippen molar-refractivity contribution in [2.75, 3.05) is 5.73 Å². The van der Waals surface area contributed by atoms with E-state index in [2.05, 4.69) is 20.9 Å². The fourth-order valence-electron chi connectivity index (χ4n) is 1.31. The third-order valence-electron chi connectivity index (χ3n) is 2.03. The van der Waals surface area contributed by atoms with Gasteiger partial charge >= 0.3 is 0 Å². The number of pyridine rings is 1. The Labute approximate surface area is 102 Å². The first-order valence-corrected chi connectivity index (χ1v) is 5.59. The summed E-state index contributed by atoms with van der Waals surface area (Å²) in [5.41, 5.74) is 7.40. The summed E-state index contributed by atoms with van der Waals surface area (Å²) in [4.78, 5) is 4.06. The van der Waals surface area contributed by atoms with E-state index in [0.29, 0.717) is 11.4 Å². The zero-order chi connectivity index (χ0) is 11.5. The minimum Gasteiger partial charge on any atom is -0.455 e. The summed E-state index contributed by atoms with van der Waals surface area (Å²) in [6.07, 6.45) is 3.46. The molecule has 1 aromatic heterocycles. The van der Waals surface area contributed by atoms with Gasteiger partial charge in [-0.15, -0.1) is 0 Å². The Hall–Kier alpha value is -1.55. The van der Waals surface area contributed by atoms with Crippen molar-refractivity contribution in [2.24, 2.45) is 0 Å². The van der Waals surface area contributed by atoms with Crippen LogP contribution < -0.4 is 10.5 Å². The summed E-state index contributed by atoms with van der Waals surface area (Å²) in [7, 11) is 0. The molecule has 0 bridgehead atoms. The third-order valence-corrected chi connectivity index (χ3v) is 2.65. The molecular formula is C12H11BrN2O. The van der Waals surface area contributed by atoms with Crippen molar-refractivity contribution >= 4 is 21.6 Å². The number of rotatable bonds is 2. The Morgan fingerprint density at radius 3 is 2.75 bits per heavy atom. The zero-order valence-electron chi connectivity index (χ0n) is 8.77. The van der Waals surface area contributed by atoms with E-state index < -0.39 is 0 Å². The predicted molar refractivity (Wildman–Crippen MR) is 67.6 cm³/mol. The Kier molecular flexibility index (Phi) is 3.10. The van der Waals surface area contributed by atoms with Crippen molar-refractivity contribution < 1.29 is 4.74 Å². The summed E-state index contributed by atoms with van der Waals surface area (Å²) in [6, 6.07) is 7.35. The fraction of sp³-hybridized carbons (Fsp3) is 0.0833. The molecule has 0 saturated carbocycles. The normalized spacial score (nSPS) is 10.1. The minimum atomic E-state index is 0.696. The van der Waals surface area contributed by atoms with Crippen LogP contribution in [0.2, 0.25) is 0 Å². The first-order chi connectivity index (χ1) is 7.65. The summed E-state index contributed by atoms with van der Waals surface area (Å²) < 4.78 is 6.51. The number of ether oxygens (including phenoxy) is 1. The van der Waals surface area contributed by atoms with E-state index in [1.165, 1.54) is 0 Å². The van der Waals surface area contributed by atoms with Crippen LogP contribution in [-0.2, 0) is 0 Å². The van der Waals surface area contributed by atoms with Gasteiger partial charge in [-0.1, -0.05) is 0 Å². The van der Waals surface area contributed by atoms with Gasteiger partial charge < -0.3 is 10.5 Å². The Bertz CT molecular complexity index is 514. The molecule has 0 aliphatic carbocycles. The molecule has 0 unspecified atom stereocenters. The van der Waals surface area contributed by atoms with Crippen LogP contribution in [0.5, 0.6) is 11.5 Å². The minimum absolute atomic E-state index is 0.696. The molecule has 1 aromatic carbocycles. The Morgan fingerprint density at radius 1 is 1.25 bits per heavy atom. The number of benzene rings is 1. The number of hydrogen-bond acceptors (Lipinski definition) is 3.